The number of halogens is 1. The first kappa shape index (κ1) is 18.7. The summed E-state index contributed by atoms with van der Waals surface area (Å²) >= 11 is 5.87. The summed E-state index contributed by atoms with van der Waals surface area (Å²) in [5, 5.41) is 11.5. The number of aromatic nitrogens is 2. The van der Waals surface area contributed by atoms with Crippen molar-refractivity contribution in [3.8, 4) is 0 Å². The van der Waals surface area contributed by atoms with Crippen molar-refractivity contribution in [2.24, 2.45) is 0 Å². The number of hydrogen-bond donors (Lipinski definition) is 3. The Balaban J connectivity index is 2.35. The zero-order chi connectivity index (χ0) is 18.9. The SMILES string of the molecule is Cc1nc(C(C)(C)C)[nH]c(=O)c1C(=O)Nc1ccc(C(=O)O)c(Cl)c1. The second-order valence-corrected chi connectivity index (χ2v) is 6.99. The first-order chi connectivity index (χ1) is 11.5. The lowest BCUT2D eigenvalue weighted by atomic mass is 9.95. The summed E-state index contributed by atoms with van der Waals surface area (Å²) in [4.78, 5) is 42.6. The average molecular weight is 364 g/mol. The lowest BCUT2D eigenvalue weighted by molar-refractivity contribution is 0.0697. The zero-order valence-electron chi connectivity index (χ0n) is 14.2. The molecule has 25 heavy (non-hydrogen) atoms. The Hall–Kier alpha value is -2.67. The molecule has 0 spiro atoms. The van der Waals surface area contributed by atoms with Gasteiger partial charge in [0.1, 0.15) is 11.4 Å². The highest BCUT2D eigenvalue weighted by atomic mass is 35.5. The Kier molecular flexibility index (Phi) is 4.99. The molecule has 0 atom stereocenters. The lowest BCUT2D eigenvalue weighted by Crippen LogP contribution is -2.30. The van der Waals surface area contributed by atoms with E-state index in [1.165, 1.54) is 18.2 Å². The number of H-pyrrole nitrogens is 1. The van der Waals surface area contributed by atoms with Crippen molar-refractivity contribution in [2.45, 2.75) is 33.1 Å². The Morgan fingerprint density at radius 1 is 1.28 bits per heavy atom. The Labute approximate surface area is 149 Å². The van der Waals surface area contributed by atoms with Crippen LogP contribution in [-0.2, 0) is 5.41 Å². The summed E-state index contributed by atoms with van der Waals surface area (Å²) < 4.78 is 0. The largest absolute Gasteiger partial charge is 0.478 e. The van der Waals surface area contributed by atoms with E-state index in [0.717, 1.165) is 0 Å². The van der Waals surface area contributed by atoms with Gasteiger partial charge in [0.2, 0.25) is 0 Å². The van der Waals surface area contributed by atoms with Crippen molar-refractivity contribution in [1.82, 2.24) is 9.97 Å². The van der Waals surface area contributed by atoms with Crippen LogP contribution in [0.25, 0.3) is 0 Å². The molecule has 1 heterocycles. The van der Waals surface area contributed by atoms with Gasteiger partial charge in [0, 0.05) is 11.1 Å². The minimum absolute atomic E-state index is 0.0165. The Morgan fingerprint density at radius 3 is 2.40 bits per heavy atom. The molecule has 2 rings (SSSR count). The van der Waals surface area contributed by atoms with E-state index in [1.54, 1.807) is 6.92 Å². The maximum absolute atomic E-state index is 12.4. The molecule has 0 saturated carbocycles. The van der Waals surface area contributed by atoms with E-state index in [0.29, 0.717) is 11.5 Å². The predicted octanol–water partition coefficient (Wildman–Crippen LogP) is 2.98. The third kappa shape index (κ3) is 4.06. The van der Waals surface area contributed by atoms with Crippen LogP contribution in [0.15, 0.2) is 23.0 Å². The fourth-order valence-corrected chi connectivity index (χ4v) is 2.43. The van der Waals surface area contributed by atoms with Crippen LogP contribution < -0.4 is 10.9 Å². The predicted molar refractivity (Wildman–Crippen MR) is 94.7 cm³/mol. The molecule has 1 aromatic carbocycles. The molecule has 132 valence electrons. The maximum atomic E-state index is 12.4. The van der Waals surface area contributed by atoms with Gasteiger partial charge in [-0.05, 0) is 25.1 Å². The number of rotatable bonds is 3. The summed E-state index contributed by atoms with van der Waals surface area (Å²) in [6.07, 6.45) is 0. The van der Waals surface area contributed by atoms with Crippen LogP contribution in [-0.4, -0.2) is 27.0 Å². The number of amides is 1. The second-order valence-electron chi connectivity index (χ2n) is 6.58. The standard InChI is InChI=1S/C17H18ClN3O4/c1-8-12(14(23)21-16(19-8)17(2,3)4)13(22)20-9-5-6-10(15(24)25)11(18)7-9/h5-7H,1-4H3,(H,20,22)(H,24,25)(H,19,21,23). The maximum Gasteiger partial charge on any atom is 0.337 e. The molecule has 1 aromatic heterocycles. The lowest BCUT2D eigenvalue weighted by Gasteiger charge is -2.18. The number of carboxylic acids is 1. The number of anilines is 1. The van der Waals surface area contributed by atoms with Gasteiger partial charge in [0.05, 0.1) is 16.3 Å². The van der Waals surface area contributed by atoms with Crippen molar-refractivity contribution >= 4 is 29.2 Å². The molecule has 0 radical (unpaired) electrons. The van der Waals surface area contributed by atoms with E-state index in [1.807, 2.05) is 20.8 Å². The van der Waals surface area contributed by atoms with Gasteiger partial charge in [-0.3, -0.25) is 9.59 Å². The van der Waals surface area contributed by atoms with Crippen LogP contribution in [0.3, 0.4) is 0 Å². The van der Waals surface area contributed by atoms with Crippen LogP contribution >= 0.6 is 11.6 Å². The summed E-state index contributed by atoms with van der Waals surface area (Å²) in [7, 11) is 0. The highest BCUT2D eigenvalue weighted by molar-refractivity contribution is 6.33. The van der Waals surface area contributed by atoms with E-state index < -0.39 is 17.4 Å². The van der Waals surface area contributed by atoms with E-state index in [2.05, 4.69) is 15.3 Å². The first-order valence-corrected chi connectivity index (χ1v) is 7.84. The molecule has 0 aliphatic carbocycles. The number of nitrogens with zero attached hydrogens (tertiary/aromatic N) is 1. The minimum atomic E-state index is -1.17. The number of aryl methyl sites for hydroxylation is 1. The fourth-order valence-electron chi connectivity index (χ4n) is 2.17. The number of nitrogens with one attached hydrogen (secondary N) is 2. The minimum Gasteiger partial charge on any atom is -0.478 e. The van der Waals surface area contributed by atoms with Crippen molar-refractivity contribution in [3.05, 3.63) is 56.2 Å². The molecular formula is C17H18ClN3O4. The molecule has 7 nitrogen and oxygen atoms in total. The second kappa shape index (κ2) is 6.68. The van der Waals surface area contributed by atoms with Gasteiger partial charge in [-0.2, -0.15) is 0 Å². The number of carboxylic acid groups (broad SMARTS) is 1. The molecule has 1 amide bonds. The molecular weight excluding hydrogens is 346 g/mol. The number of hydrogen-bond acceptors (Lipinski definition) is 4. The van der Waals surface area contributed by atoms with Gasteiger partial charge in [0.15, 0.2) is 0 Å². The molecule has 2 aromatic rings. The van der Waals surface area contributed by atoms with Crippen LogP contribution in [0.4, 0.5) is 5.69 Å². The van der Waals surface area contributed by atoms with E-state index in [4.69, 9.17) is 16.7 Å². The van der Waals surface area contributed by atoms with Gasteiger partial charge in [-0.15, -0.1) is 0 Å². The van der Waals surface area contributed by atoms with Crippen molar-refractivity contribution in [2.75, 3.05) is 5.32 Å². The normalized spacial score (nSPS) is 11.2. The number of carbonyl (C=O) groups excluding carboxylic acids is 1. The van der Waals surface area contributed by atoms with Gasteiger partial charge < -0.3 is 15.4 Å². The Bertz CT molecular complexity index is 913. The highest BCUT2D eigenvalue weighted by Gasteiger charge is 2.22. The molecule has 0 saturated heterocycles. The third-order valence-corrected chi connectivity index (χ3v) is 3.81. The summed E-state index contributed by atoms with van der Waals surface area (Å²) in [5.74, 6) is -1.33. The number of carbonyl (C=O) groups is 2. The van der Waals surface area contributed by atoms with Crippen LogP contribution in [0.5, 0.6) is 0 Å². The average Bonchev–Trinajstić information content (AvgIpc) is 2.45. The molecule has 0 aliphatic heterocycles. The molecule has 8 heteroatoms. The molecule has 0 unspecified atom stereocenters. The summed E-state index contributed by atoms with van der Waals surface area (Å²) in [5.41, 5.74) is -0.503. The molecule has 0 fully saturated rings. The first-order valence-electron chi connectivity index (χ1n) is 7.46. The quantitative estimate of drug-likeness (QED) is 0.776. The number of aromatic amines is 1. The van der Waals surface area contributed by atoms with E-state index in [9.17, 15) is 14.4 Å². The van der Waals surface area contributed by atoms with E-state index in [-0.39, 0.29) is 27.3 Å². The highest BCUT2D eigenvalue weighted by Crippen LogP contribution is 2.22. The molecule has 0 bridgehead atoms. The molecule has 0 aliphatic rings. The topological polar surface area (TPSA) is 112 Å². The van der Waals surface area contributed by atoms with Gasteiger partial charge in [-0.1, -0.05) is 32.4 Å². The van der Waals surface area contributed by atoms with Crippen molar-refractivity contribution in [3.63, 3.8) is 0 Å². The fraction of sp³-hybridized carbons (Fsp3) is 0.294. The van der Waals surface area contributed by atoms with Gasteiger partial charge in [0.25, 0.3) is 11.5 Å². The number of aromatic carboxylic acids is 1. The monoisotopic (exact) mass is 363 g/mol. The smallest absolute Gasteiger partial charge is 0.337 e. The summed E-state index contributed by atoms with van der Waals surface area (Å²) in [6.45, 7) is 7.28. The van der Waals surface area contributed by atoms with Gasteiger partial charge >= 0.3 is 5.97 Å². The van der Waals surface area contributed by atoms with Crippen LogP contribution in [0, 0.1) is 6.92 Å². The Morgan fingerprint density at radius 2 is 1.92 bits per heavy atom. The van der Waals surface area contributed by atoms with Crippen LogP contribution in [0.2, 0.25) is 5.02 Å². The molecule has 3 N–H and O–H groups in total. The third-order valence-electron chi connectivity index (χ3n) is 3.50. The summed E-state index contributed by atoms with van der Waals surface area (Å²) in [6, 6.07) is 3.98. The zero-order valence-corrected chi connectivity index (χ0v) is 15.0. The van der Waals surface area contributed by atoms with Crippen LogP contribution in [0.1, 0.15) is 53.0 Å². The van der Waals surface area contributed by atoms with Gasteiger partial charge in [-0.25, -0.2) is 9.78 Å². The van der Waals surface area contributed by atoms with Crippen molar-refractivity contribution < 1.29 is 14.7 Å². The van der Waals surface area contributed by atoms with Crippen molar-refractivity contribution in [1.29, 1.82) is 0 Å². The van der Waals surface area contributed by atoms with E-state index >= 15 is 0 Å². The number of benzene rings is 1.